The average molecular weight is 408 g/mol. The number of carbonyl (C=O) groups excluding carboxylic acids is 1. The molecule has 0 radical (unpaired) electrons. The summed E-state index contributed by atoms with van der Waals surface area (Å²) in [6, 6.07) is 7.60. The summed E-state index contributed by atoms with van der Waals surface area (Å²) in [5, 5.41) is 13.2. The van der Waals surface area contributed by atoms with E-state index in [4.69, 9.17) is 4.52 Å². The van der Waals surface area contributed by atoms with Crippen molar-refractivity contribution in [3.8, 4) is 17.3 Å². The fraction of sp³-hybridized carbons (Fsp3) is 0.250. The van der Waals surface area contributed by atoms with Crippen LogP contribution in [0.3, 0.4) is 0 Å². The summed E-state index contributed by atoms with van der Waals surface area (Å²) in [4.78, 5) is 22.4. The molecule has 0 aliphatic heterocycles. The van der Waals surface area contributed by atoms with Gasteiger partial charge in [0.05, 0.1) is 29.6 Å². The maximum absolute atomic E-state index is 12.5. The minimum atomic E-state index is -0.161. The Morgan fingerprint density at radius 1 is 1.28 bits per heavy atom. The van der Waals surface area contributed by atoms with E-state index in [1.54, 1.807) is 28.4 Å². The Bertz CT molecular complexity index is 1110. The lowest BCUT2D eigenvalue weighted by atomic mass is 10.2. The van der Waals surface area contributed by atoms with Gasteiger partial charge in [-0.15, -0.1) is 11.3 Å². The first-order chi connectivity index (χ1) is 14.0. The average Bonchev–Trinajstić information content (AvgIpc) is 3.47. The van der Waals surface area contributed by atoms with Gasteiger partial charge in [0.15, 0.2) is 11.6 Å². The normalized spacial score (nSPS) is 11.2. The molecule has 4 aromatic heterocycles. The summed E-state index contributed by atoms with van der Waals surface area (Å²) in [5.41, 5.74) is 1.96. The quantitative estimate of drug-likeness (QED) is 0.522. The van der Waals surface area contributed by atoms with Gasteiger partial charge in [0, 0.05) is 17.0 Å². The topological polar surface area (TPSA) is 98.7 Å². The van der Waals surface area contributed by atoms with Crippen LogP contribution < -0.4 is 5.32 Å². The molecule has 0 saturated carbocycles. The number of carbonyl (C=O) groups is 1. The second-order valence-electron chi connectivity index (χ2n) is 6.84. The van der Waals surface area contributed by atoms with Crippen LogP contribution in [0.1, 0.15) is 46.5 Å². The molecule has 0 unspecified atom stereocenters. The van der Waals surface area contributed by atoms with Crippen LogP contribution in [0.15, 0.2) is 46.6 Å². The van der Waals surface area contributed by atoms with Crippen LogP contribution in [-0.2, 0) is 6.54 Å². The second-order valence-corrected chi connectivity index (χ2v) is 7.87. The lowest BCUT2D eigenvalue weighted by Gasteiger charge is -2.06. The number of nitrogens with zero attached hydrogens (tertiary/aromatic N) is 5. The van der Waals surface area contributed by atoms with Gasteiger partial charge in [0.25, 0.3) is 11.8 Å². The van der Waals surface area contributed by atoms with E-state index in [2.05, 4.69) is 25.5 Å². The number of pyridine rings is 1. The molecule has 0 aromatic carbocycles. The number of hydrogen-bond donors (Lipinski definition) is 1. The fourth-order valence-electron chi connectivity index (χ4n) is 2.76. The molecule has 4 aromatic rings. The van der Waals surface area contributed by atoms with Crippen LogP contribution in [0, 0.1) is 6.92 Å². The minimum Gasteiger partial charge on any atom is -0.347 e. The number of thiophene rings is 1. The third kappa shape index (κ3) is 3.95. The molecule has 0 spiro atoms. The highest BCUT2D eigenvalue weighted by Crippen LogP contribution is 2.21. The first-order valence-corrected chi connectivity index (χ1v) is 10.1. The van der Waals surface area contributed by atoms with Crippen LogP contribution in [-0.4, -0.2) is 30.8 Å². The summed E-state index contributed by atoms with van der Waals surface area (Å²) < 4.78 is 6.93. The van der Waals surface area contributed by atoms with Crippen LogP contribution in [0.4, 0.5) is 0 Å². The van der Waals surface area contributed by atoms with Crippen molar-refractivity contribution in [3.05, 3.63) is 64.0 Å². The SMILES string of the molecule is Cc1c(C(=O)NCc2cccs2)cnn1-c1ccc(-c2nc(C(C)C)no2)cn1. The minimum absolute atomic E-state index is 0.161. The maximum Gasteiger partial charge on any atom is 0.259 e. The van der Waals surface area contributed by atoms with Gasteiger partial charge in [0.1, 0.15) is 0 Å². The molecule has 0 aliphatic rings. The molecule has 4 rings (SSSR count). The summed E-state index contributed by atoms with van der Waals surface area (Å²) in [7, 11) is 0. The Morgan fingerprint density at radius 3 is 2.79 bits per heavy atom. The van der Waals surface area contributed by atoms with Gasteiger partial charge in [-0.05, 0) is 30.5 Å². The largest absolute Gasteiger partial charge is 0.347 e. The molecular weight excluding hydrogens is 388 g/mol. The molecule has 4 heterocycles. The Labute approximate surface area is 171 Å². The van der Waals surface area contributed by atoms with E-state index in [9.17, 15) is 4.79 Å². The zero-order valence-electron chi connectivity index (χ0n) is 16.3. The molecule has 0 saturated heterocycles. The summed E-state index contributed by atoms with van der Waals surface area (Å²) in [6.07, 6.45) is 3.21. The van der Waals surface area contributed by atoms with E-state index >= 15 is 0 Å². The lowest BCUT2D eigenvalue weighted by molar-refractivity contribution is 0.0950. The van der Waals surface area contributed by atoms with Gasteiger partial charge in [-0.25, -0.2) is 9.67 Å². The van der Waals surface area contributed by atoms with Gasteiger partial charge >= 0.3 is 0 Å². The van der Waals surface area contributed by atoms with Crippen molar-refractivity contribution in [2.45, 2.75) is 33.2 Å². The number of nitrogens with one attached hydrogen (secondary N) is 1. The van der Waals surface area contributed by atoms with Gasteiger partial charge in [-0.2, -0.15) is 10.1 Å². The van der Waals surface area contributed by atoms with Crippen molar-refractivity contribution < 1.29 is 9.32 Å². The molecule has 29 heavy (non-hydrogen) atoms. The lowest BCUT2D eigenvalue weighted by Crippen LogP contribution is -2.22. The Morgan fingerprint density at radius 2 is 2.14 bits per heavy atom. The predicted octanol–water partition coefficient (Wildman–Crippen LogP) is 3.74. The van der Waals surface area contributed by atoms with Gasteiger partial charge in [-0.3, -0.25) is 4.79 Å². The van der Waals surface area contributed by atoms with Crippen LogP contribution in [0.5, 0.6) is 0 Å². The predicted molar refractivity (Wildman–Crippen MR) is 109 cm³/mol. The van der Waals surface area contributed by atoms with Crippen molar-refractivity contribution in [1.29, 1.82) is 0 Å². The van der Waals surface area contributed by atoms with E-state index in [-0.39, 0.29) is 11.8 Å². The van der Waals surface area contributed by atoms with E-state index in [1.807, 2.05) is 50.4 Å². The standard InChI is InChI=1S/C20H20N6O2S/c1-12(2)18-24-20(28-25-18)14-6-7-17(21-9-14)26-13(3)16(11-23-26)19(27)22-10-15-5-4-8-29-15/h4-9,11-12H,10H2,1-3H3,(H,22,27). The van der Waals surface area contributed by atoms with Crippen LogP contribution in [0.25, 0.3) is 17.3 Å². The fourth-order valence-corrected chi connectivity index (χ4v) is 3.41. The van der Waals surface area contributed by atoms with Crippen molar-refractivity contribution in [2.24, 2.45) is 0 Å². The summed E-state index contributed by atoms with van der Waals surface area (Å²) in [6.45, 7) is 6.35. The van der Waals surface area contributed by atoms with Crippen molar-refractivity contribution >= 4 is 17.2 Å². The molecule has 0 bridgehead atoms. The highest BCUT2D eigenvalue weighted by molar-refractivity contribution is 7.09. The first-order valence-electron chi connectivity index (χ1n) is 9.18. The molecule has 0 fully saturated rings. The third-order valence-electron chi connectivity index (χ3n) is 4.43. The van der Waals surface area contributed by atoms with E-state index in [1.165, 1.54) is 0 Å². The molecule has 1 amide bonds. The second kappa shape index (κ2) is 7.96. The third-order valence-corrected chi connectivity index (χ3v) is 5.30. The highest BCUT2D eigenvalue weighted by Gasteiger charge is 2.17. The zero-order chi connectivity index (χ0) is 20.4. The Balaban J connectivity index is 1.50. The van der Waals surface area contributed by atoms with Crippen LogP contribution >= 0.6 is 11.3 Å². The first kappa shape index (κ1) is 19.0. The van der Waals surface area contributed by atoms with Gasteiger partial charge < -0.3 is 9.84 Å². The molecule has 1 N–H and O–H groups in total. The van der Waals surface area contributed by atoms with Crippen molar-refractivity contribution in [1.82, 2.24) is 30.2 Å². The van der Waals surface area contributed by atoms with Crippen LogP contribution in [0.2, 0.25) is 0 Å². The summed E-state index contributed by atoms with van der Waals surface area (Å²) in [5.74, 6) is 1.72. The molecule has 148 valence electrons. The monoisotopic (exact) mass is 408 g/mol. The van der Waals surface area contributed by atoms with Gasteiger partial charge in [-0.1, -0.05) is 25.1 Å². The van der Waals surface area contributed by atoms with E-state index < -0.39 is 0 Å². The summed E-state index contributed by atoms with van der Waals surface area (Å²) >= 11 is 1.61. The molecular formula is C20H20N6O2S. The zero-order valence-corrected chi connectivity index (χ0v) is 17.1. The molecule has 9 heteroatoms. The number of hydrogen-bond acceptors (Lipinski definition) is 7. The van der Waals surface area contributed by atoms with Crippen molar-refractivity contribution in [3.63, 3.8) is 0 Å². The number of amides is 1. The van der Waals surface area contributed by atoms with Crippen molar-refractivity contribution in [2.75, 3.05) is 0 Å². The number of aromatic nitrogens is 5. The molecule has 8 nitrogen and oxygen atoms in total. The molecule has 0 atom stereocenters. The smallest absolute Gasteiger partial charge is 0.259 e. The Hall–Kier alpha value is -3.33. The maximum atomic E-state index is 12.5. The van der Waals surface area contributed by atoms with Gasteiger partial charge in [0.2, 0.25) is 0 Å². The molecule has 0 aliphatic carbocycles. The van der Waals surface area contributed by atoms with E-state index in [0.717, 1.165) is 10.4 Å². The highest BCUT2D eigenvalue weighted by atomic mass is 32.1. The number of rotatable bonds is 6. The van der Waals surface area contributed by atoms with E-state index in [0.29, 0.717) is 35.3 Å². The Kier molecular flexibility index (Phi) is 5.22.